The Hall–Kier alpha value is -3.57. The van der Waals surface area contributed by atoms with Crippen molar-refractivity contribution in [3.8, 4) is 11.5 Å². The maximum atomic E-state index is 13.6. The Bertz CT molecular complexity index is 1280. The van der Waals surface area contributed by atoms with Crippen LogP contribution in [0.15, 0.2) is 49.1 Å². The highest BCUT2D eigenvalue weighted by Gasteiger charge is 2.35. The summed E-state index contributed by atoms with van der Waals surface area (Å²) in [6, 6.07) is 6.50. The summed E-state index contributed by atoms with van der Waals surface area (Å²) >= 11 is 0. The molecule has 1 aromatic carbocycles. The first kappa shape index (κ1) is 26.0. The number of rotatable bonds is 9. The van der Waals surface area contributed by atoms with Crippen molar-refractivity contribution in [1.82, 2.24) is 19.8 Å². The average Bonchev–Trinajstić information content (AvgIpc) is 2.86. The van der Waals surface area contributed by atoms with Crippen LogP contribution in [0.4, 0.5) is 5.69 Å². The summed E-state index contributed by atoms with van der Waals surface area (Å²) in [7, 11) is -1.30. The maximum Gasteiger partial charge on any atom is 0.275 e. The van der Waals surface area contributed by atoms with Gasteiger partial charge in [0.1, 0.15) is 23.0 Å². The SMILES string of the molecule is COc1cccc(OC)c1N(NS(=O)(=O)[C@@H](C)[C@@H](C)c1ncc(C)cn1)C(=O)c1cncc(C)c1. The fourth-order valence-corrected chi connectivity index (χ4v) is 4.62. The Morgan fingerprint density at radius 1 is 0.971 bits per heavy atom. The van der Waals surface area contributed by atoms with E-state index in [2.05, 4.69) is 19.8 Å². The number of sulfonamides is 1. The lowest BCUT2D eigenvalue weighted by atomic mass is 10.1. The standard InChI is InChI=1S/C24H29N5O5S/c1-15-10-19(14-25-11-15)24(30)29(22-20(33-5)8-7-9-21(22)34-6)28-35(31,32)18(4)17(3)23-26-12-16(2)13-27-23/h7-14,17-18,28H,1-6H3/t17-,18+/m1/s1. The molecule has 0 radical (unpaired) electrons. The molecule has 0 spiro atoms. The van der Waals surface area contributed by atoms with Gasteiger partial charge in [-0.2, -0.15) is 0 Å². The predicted molar refractivity (Wildman–Crippen MR) is 132 cm³/mol. The predicted octanol–water partition coefficient (Wildman–Crippen LogP) is 3.18. The highest BCUT2D eigenvalue weighted by molar-refractivity contribution is 7.90. The van der Waals surface area contributed by atoms with Gasteiger partial charge in [-0.3, -0.25) is 9.78 Å². The van der Waals surface area contributed by atoms with Crippen LogP contribution in [0.5, 0.6) is 11.5 Å². The quantitative estimate of drug-likeness (QED) is 0.445. The number of anilines is 1. The van der Waals surface area contributed by atoms with Crippen molar-refractivity contribution < 1.29 is 22.7 Å². The Labute approximate surface area is 205 Å². The Morgan fingerprint density at radius 2 is 1.57 bits per heavy atom. The van der Waals surface area contributed by atoms with Crippen LogP contribution >= 0.6 is 0 Å². The molecule has 3 aromatic rings. The lowest BCUT2D eigenvalue weighted by molar-refractivity contribution is 0.0979. The molecule has 10 nitrogen and oxygen atoms in total. The first-order chi connectivity index (χ1) is 16.6. The molecule has 2 atom stereocenters. The number of benzene rings is 1. The van der Waals surface area contributed by atoms with Crippen molar-refractivity contribution in [3.05, 3.63) is 71.6 Å². The molecule has 35 heavy (non-hydrogen) atoms. The summed E-state index contributed by atoms with van der Waals surface area (Å²) in [6.07, 6.45) is 6.22. The molecule has 3 rings (SSSR count). The third-order valence-corrected chi connectivity index (χ3v) is 7.39. The van der Waals surface area contributed by atoms with E-state index in [1.807, 2.05) is 6.92 Å². The molecular formula is C24H29N5O5S. The van der Waals surface area contributed by atoms with Crippen molar-refractivity contribution in [2.24, 2.45) is 0 Å². The molecule has 1 N–H and O–H groups in total. The van der Waals surface area contributed by atoms with Gasteiger partial charge in [-0.1, -0.05) is 13.0 Å². The minimum Gasteiger partial charge on any atom is -0.494 e. The molecule has 2 aromatic heterocycles. The van der Waals surface area contributed by atoms with Crippen LogP contribution in [0.25, 0.3) is 0 Å². The number of hydrogen-bond acceptors (Lipinski definition) is 8. The van der Waals surface area contributed by atoms with Crippen LogP contribution < -0.4 is 19.3 Å². The number of nitrogens with zero attached hydrogens (tertiary/aromatic N) is 4. The Balaban J connectivity index is 2.07. The fourth-order valence-electron chi connectivity index (χ4n) is 3.37. The second-order valence-corrected chi connectivity index (χ2v) is 10.2. The zero-order valence-corrected chi connectivity index (χ0v) is 21.3. The zero-order valence-electron chi connectivity index (χ0n) is 20.5. The molecule has 0 aliphatic rings. The van der Waals surface area contributed by atoms with Gasteiger partial charge in [0.25, 0.3) is 5.91 Å². The number of methoxy groups -OCH3 is 2. The topological polar surface area (TPSA) is 124 Å². The number of carbonyl (C=O) groups is 1. The zero-order chi connectivity index (χ0) is 25.8. The molecule has 186 valence electrons. The maximum absolute atomic E-state index is 13.6. The number of hydrazine groups is 1. The number of aromatic nitrogens is 3. The summed E-state index contributed by atoms with van der Waals surface area (Å²) in [5.41, 5.74) is 1.90. The first-order valence-electron chi connectivity index (χ1n) is 10.9. The molecule has 11 heteroatoms. The number of pyridine rings is 1. The summed E-state index contributed by atoms with van der Waals surface area (Å²) in [4.78, 5) is 28.7. The van der Waals surface area contributed by atoms with E-state index in [0.717, 1.165) is 16.1 Å². The van der Waals surface area contributed by atoms with E-state index in [1.54, 1.807) is 56.7 Å². The largest absolute Gasteiger partial charge is 0.494 e. The van der Waals surface area contributed by atoms with E-state index in [1.165, 1.54) is 27.3 Å². The summed E-state index contributed by atoms with van der Waals surface area (Å²) < 4.78 is 38.0. The first-order valence-corrected chi connectivity index (χ1v) is 12.4. The minimum absolute atomic E-state index is 0.110. The van der Waals surface area contributed by atoms with Gasteiger partial charge in [0, 0.05) is 30.7 Å². The van der Waals surface area contributed by atoms with Crippen molar-refractivity contribution >= 4 is 21.6 Å². The van der Waals surface area contributed by atoms with E-state index in [-0.39, 0.29) is 22.7 Å². The van der Waals surface area contributed by atoms with Gasteiger partial charge < -0.3 is 9.47 Å². The minimum atomic E-state index is -4.13. The molecule has 0 fully saturated rings. The molecule has 0 aliphatic carbocycles. The molecule has 1 amide bonds. The summed E-state index contributed by atoms with van der Waals surface area (Å²) in [6.45, 7) is 6.88. The second-order valence-electron chi connectivity index (χ2n) is 8.15. The van der Waals surface area contributed by atoms with Crippen LogP contribution in [0, 0.1) is 13.8 Å². The van der Waals surface area contributed by atoms with Crippen LogP contribution in [0.3, 0.4) is 0 Å². The van der Waals surface area contributed by atoms with E-state index in [4.69, 9.17) is 9.47 Å². The number of hydrogen-bond donors (Lipinski definition) is 1. The number of ether oxygens (including phenoxy) is 2. The summed E-state index contributed by atoms with van der Waals surface area (Å²) in [5.74, 6) is -0.361. The van der Waals surface area contributed by atoms with E-state index in [0.29, 0.717) is 5.82 Å². The molecule has 0 bridgehead atoms. The van der Waals surface area contributed by atoms with Gasteiger partial charge in [0.05, 0.1) is 25.0 Å². The molecular weight excluding hydrogens is 470 g/mol. The lowest BCUT2D eigenvalue weighted by Gasteiger charge is -2.29. The molecule has 0 saturated heterocycles. The fraction of sp³-hybridized carbons (Fsp3) is 0.333. The average molecular weight is 500 g/mol. The Morgan fingerprint density at radius 3 is 2.11 bits per heavy atom. The third-order valence-electron chi connectivity index (χ3n) is 5.57. The van der Waals surface area contributed by atoms with E-state index < -0.39 is 27.1 Å². The van der Waals surface area contributed by atoms with Gasteiger partial charge >= 0.3 is 0 Å². The van der Waals surface area contributed by atoms with Crippen molar-refractivity contribution in [1.29, 1.82) is 0 Å². The van der Waals surface area contributed by atoms with Crippen molar-refractivity contribution in [2.75, 3.05) is 19.2 Å². The monoisotopic (exact) mass is 499 g/mol. The third kappa shape index (κ3) is 5.75. The second kappa shape index (κ2) is 10.8. The van der Waals surface area contributed by atoms with Crippen LogP contribution in [-0.4, -0.2) is 48.7 Å². The van der Waals surface area contributed by atoms with Gasteiger partial charge in [-0.15, -0.1) is 4.83 Å². The normalized spacial score (nSPS) is 13.1. The number of carbonyl (C=O) groups excluding carboxylic acids is 1. The lowest BCUT2D eigenvalue weighted by Crippen LogP contribution is -2.50. The highest BCUT2D eigenvalue weighted by atomic mass is 32.2. The highest BCUT2D eigenvalue weighted by Crippen LogP contribution is 2.38. The van der Waals surface area contributed by atoms with Crippen LogP contribution in [0.1, 0.15) is 47.1 Å². The van der Waals surface area contributed by atoms with Crippen LogP contribution in [-0.2, 0) is 10.0 Å². The van der Waals surface area contributed by atoms with Crippen LogP contribution in [0.2, 0.25) is 0 Å². The number of nitrogens with one attached hydrogen (secondary N) is 1. The van der Waals surface area contributed by atoms with Crippen molar-refractivity contribution in [2.45, 2.75) is 38.9 Å². The van der Waals surface area contributed by atoms with E-state index in [9.17, 15) is 13.2 Å². The number of aryl methyl sites for hydroxylation is 2. The number of para-hydroxylation sites is 1. The molecule has 0 saturated carbocycles. The smallest absolute Gasteiger partial charge is 0.275 e. The Kier molecular flexibility index (Phi) is 8.03. The number of amides is 1. The van der Waals surface area contributed by atoms with Gasteiger partial charge in [-0.25, -0.2) is 23.4 Å². The van der Waals surface area contributed by atoms with Gasteiger partial charge in [-0.05, 0) is 50.1 Å². The van der Waals surface area contributed by atoms with Crippen molar-refractivity contribution in [3.63, 3.8) is 0 Å². The molecule has 0 unspecified atom stereocenters. The van der Waals surface area contributed by atoms with Gasteiger partial charge in [0.2, 0.25) is 10.0 Å². The molecule has 2 heterocycles. The van der Waals surface area contributed by atoms with E-state index >= 15 is 0 Å². The van der Waals surface area contributed by atoms with Gasteiger partial charge in [0.15, 0.2) is 0 Å². The molecule has 0 aliphatic heterocycles. The summed E-state index contributed by atoms with van der Waals surface area (Å²) in [5, 5.41) is -0.0697.